The second-order valence-electron chi connectivity index (χ2n) is 9.11. The molecule has 1 aromatic carbocycles. The maximum Gasteiger partial charge on any atom is 0.407 e. The summed E-state index contributed by atoms with van der Waals surface area (Å²) in [6.07, 6.45) is 5.00. The molecule has 0 aromatic heterocycles. The van der Waals surface area contributed by atoms with Crippen LogP contribution in [0.2, 0.25) is 18.1 Å². The van der Waals surface area contributed by atoms with Crippen molar-refractivity contribution in [2.45, 2.75) is 77.3 Å². The standard InChI is InChI=1S/C24H40N2O3Si/c1-4-30(5-2,6-3)29-22-19-26(18-15-24(22)13-14-24)17-10-16-25-23(27)28-20-21-11-8-7-9-12-21/h7-9,11-12,22H,4-6,10,13-20H2,1-3H3,(H,25,27). The summed E-state index contributed by atoms with van der Waals surface area (Å²) in [6.45, 7) is 11.2. The number of carbonyl (C=O) groups is 1. The van der Waals surface area contributed by atoms with Gasteiger partial charge >= 0.3 is 6.09 Å². The lowest BCUT2D eigenvalue weighted by molar-refractivity contribution is 0.0181. The van der Waals surface area contributed by atoms with Gasteiger partial charge in [-0.2, -0.15) is 0 Å². The van der Waals surface area contributed by atoms with Gasteiger partial charge in [-0.3, -0.25) is 0 Å². The molecule has 168 valence electrons. The maximum atomic E-state index is 11.9. The number of benzene rings is 1. The highest BCUT2D eigenvalue weighted by Crippen LogP contribution is 2.55. The molecule has 1 aliphatic carbocycles. The highest BCUT2D eigenvalue weighted by molar-refractivity contribution is 6.73. The van der Waals surface area contributed by atoms with Crippen LogP contribution in [0.15, 0.2) is 30.3 Å². The number of rotatable bonds is 11. The van der Waals surface area contributed by atoms with E-state index in [2.05, 4.69) is 31.0 Å². The van der Waals surface area contributed by atoms with Crippen LogP contribution in [0.5, 0.6) is 0 Å². The van der Waals surface area contributed by atoms with Gasteiger partial charge in [0, 0.05) is 13.1 Å². The number of ether oxygens (including phenoxy) is 1. The Bertz CT molecular complexity index is 653. The average Bonchev–Trinajstić information content (AvgIpc) is 3.57. The summed E-state index contributed by atoms with van der Waals surface area (Å²) in [5.41, 5.74) is 1.49. The van der Waals surface area contributed by atoms with Crippen molar-refractivity contribution in [3.05, 3.63) is 35.9 Å². The summed E-state index contributed by atoms with van der Waals surface area (Å²) in [4.78, 5) is 14.5. The van der Waals surface area contributed by atoms with E-state index < -0.39 is 8.32 Å². The van der Waals surface area contributed by atoms with Crippen molar-refractivity contribution in [2.75, 3.05) is 26.2 Å². The van der Waals surface area contributed by atoms with E-state index in [0.717, 1.165) is 31.6 Å². The van der Waals surface area contributed by atoms with E-state index in [1.807, 2.05) is 30.3 Å². The van der Waals surface area contributed by atoms with Crippen molar-refractivity contribution in [3.8, 4) is 0 Å². The smallest absolute Gasteiger partial charge is 0.407 e. The van der Waals surface area contributed by atoms with Crippen molar-refractivity contribution in [2.24, 2.45) is 5.41 Å². The Labute approximate surface area is 183 Å². The molecule has 0 radical (unpaired) electrons. The number of alkyl carbamates (subject to hydrolysis) is 1. The fraction of sp³-hybridized carbons (Fsp3) is 0.708. The summed E-state index contributed by atoms with van der Waals surface area (Å²) < 4.78 is 12.2. The lowest BCUT2D eigenvalue weighted by Crippen LogP contribution is -2.52. The largest absolute Gasteiger partial charge is 0.445 e. The molecule has 2 fully saturated rings. The molecule has 1 heterocycles. The molecule has 5 nitrogen and oxygen atoms in total. The molecule has 6 heteroatoms. The third-order valence-electron chi connectivity index (χ3n) is 7.38. The van der Waals surface area contributed by atoms with Gasteiger partial charge in [0.05, 0.1) is 6.10 Å². The van der Waals surface area contributed by atoms with Gasteiger partial charge in [-0.15, -0.1) is 0 Å². The topological polar surface area (TPSA) is 50.8 Å². The molecule has 1 aromatic rings. The number of hydrogen-bond acceptors (Lipinski definition) is 4. The fourth-order valence-electron chi connectivity index (χ4n) is 4.73. The van der Waals surface area contributed by atoms with Crippen LogP contribution in [0.25, 0.3) is 0 Å². The molecule has 30 heavy (non-hydrogen) atoms. The third kappa shape index (κ3) is 6.08. The van der Waals surface area contributed by atoms with Crippen molar-refractivity contribution in [3.63, 3.8) is 0 Å². The Morgan fingerprint density at radius 3 is 2.47 bits per heavy atom. The molecule has 1 saturated carbocycles. The zero-order valence-corrected chi connectivity index (χ0v) is 20.1. The first-order chi connectivity index (χ1) is 14.5. The summed E-state index contributed by atoms with van der Waals surface area (Å²) in [6, 6.07) is 13.5. The molecule has 1 spiro atoms. The number of nitrogens with zero attached hydrogens (tertiary/aromatic N) is 1. The van der Waals surface area contributed by atoms with E-state index in [0.29, 0.717) is 24.7 Å². The molecule has 1 unspecified atom stereocenters. The van der Waals surface area contributed by atoms with Gasteiger partial charge < -0.3 is 19.4 Å². The Morgan fingerprint density at radius 1 is 1.13 bits per heavy atom. The zero-order chi connectivity index (χ0) is 21.5. The van der Waals surface area contributed by atoms with E-state index in [1.165, 1.54) is 37.4 Å². The summed E-state index contributed by atoms with van der Waals surface area (Å²) >= 11 is 0. The van der Waals surface area contributed by atoms with Gasteiger partial charge in [-0.1, -0.05) is 51.1 Å². The highest BCUT2D eigenvalue weighted by Gasteiger charge is 2.54. The van der Waals surface area contributed by atoms with Crippen molar-refractivity contribution < 1.29 is 14.0 Å². The van der Waals surface area contributed by atoms with Crippen LogP contribution in [0, 0.1) is 5.41 Å². The Morgan fingerprint density at radius 2 is 1.83 bits per heavy atom. The van der Waals surface area contributed by atoms with Gasteiger partial charge in [-0.25, -0.2) is 4.79 Å². The SMILES string of the molecule is CC[Si](CC)(CC)OC1CN(CCCNC(=O)OCc2ccccc2)CCC12CC2. The lowest BCUT2D eigenvalue weighted by atomic mass is 9.90. The predicted octanol–water partition coefficient (Wildman–Crippen LogP) is 5.18. The first-order valence-electron chi connectivity index (χ1n) is 11.9. The Kier molecular flexibility index (Phi) is 8.37. The van der Waals surface area contributed by atoms with Gasteiger partial charge in [0.2, 0.25) is 0 Å². The average molecular weight is 433 g/mol. The highest BCUT2D eigenvalue weighted by atomic mass is 28.4. The summed E-state index contributed by atoms with van der Waals surface area (Å²) in [5.74, 6) is 0. The van der Waals surface area contributed by atoms with Crippen LogP contribution in [0.3, 0.4) is 0 Å². The molecule has 3 rings (SSSR count). The third-order valence-corrected chi connectivity index (χ3v) is 12.0. The normalized spacial score (nSPS) is 20.8. The number of hydrogen-bond donors (Lipinski definition) is 1. The number of nitrogens with one attached hydrogen (secondary N) is 1. The summed E-state index contributed by atoms with van der Waals surface area (Å²) in [5, 5.41) is 2.89. The van der Waals surface area contributed by atoms with Gasteiger partial charge in [0.1, 0.15) is 6.61 Å². The van der Waals surface area contributed by atoms with Crippen molar-refractivity contribution >= 4 is 14.4 Å². The molecule has 1 atom stereocenters. The monoisotopic (exact) mass is 432 g/mol. The first kappa shape index (κ1) is 23.3. The van der Waals surface area contributed by atoms with E-state index in [4.69, 9.17) is 9.16 Å². The molecule has 1 aliphatic heterocycles. The molecule has 1 saturated heterocycles. The van der Waals surface area contributed by atoms with Crippen LogP contribution in [0.4, 0.5) is 4.79 Å². The van der Waals surface area contributed by atoms with Crippen LogP contribution in [0.1, 0.15) is 52.0 Å². The van der Waals surface area contributed by atoms with Gasteiger partial charge in [0.15, 0.2) is 8.32 Å². The van der Waals surface area contributed by atoms with Crippen LogP contribution in [-0.4, -0.2) is 51.6 Å². The van der Waals surface area contributed by atoms with E-state index in [9.17, 15) is 4.79 Å². The number of carbonyl (C=O) groups excluding carboxylic acids is 1. The number of likely N-dealkylation sites (tertiary alicyclic amines) is 1. The van der Waals surface area contributed by atoms with E-state index in [-0.39, 0.29) is 6.09 Å². The van der Waals surface area contributed by atoms with Gasteiger partial charge in [-0.05, 0) is 67.9 Å². The Balaban J connectivity index is 1.38. The number of piperidine rings is 1. The quantitative estimate of drug-likeness (QED) is 0.387. The fourth-order valence-corrected chi connectivity index (χ4v) is 7.66. The van der Waals surface area contributed by atoms with E-state index >= 15 is 0 Å². The molecular weight excluding hydrogens is 392 g/mol. The van der Waals surface area contributed by atoms with Crippen LogP contribution < -0.4 is 5.32 Å². The van der Waals surface area contributed by atoms with Crippen molar-refractivity contribution in [1.29, 1.82) is 0 Å². The molecule has 0 bridgehead atoms. The Hall–Kier alpha value is -1.37. The van der Waals surface area contributed by atoms with Crippen molar-refractivity contribution in [1.82, 2.24) is 10.2 Å². The molecule has 1 amide bonds. The minimum absolute atomic E-state index is 0.317. The zero-order valence-electron chi connectivity index (χ0n) is 19.1. The van der Waals surface area contributed by atoms with Crippen LogP contribution in [-0.2, 0) is 15.8 Å². The predicted molar refractivity (Wildman–Crippen MR) is 124 cm³/mol. The number of amides is 1. The second-order valence-corrected chi connectivity index (χ2v) is 13.8. The van der Waals surface area contributed by atoms with Crippen LogP contribution >= 0.6 is 0 Å². The minimum Gasteiger partial charge on any atom is -0.445 e. The maximum absolute atomic E-state index is 11.9. The van der Waals surface area contributed by atoms with E-state index in [1.54, 1.807) is 0 Å². The van der Waals surface area contributed by atoms with Gasteiger partial charge in [0.25, 0.3) is 0 Å². The first-order valence-corrected chi connectivity index (χ1v) is 14.4. The molecule has 1 N–H and O–H groups in total. The molecular formula is C24H40N2O3Si. The lowest BCUT2D eigenvalue weighted by Gasteiger charge is -2.44. The second kappa shape index (κ2) is 10.8. The molecule has 2 aliphatic rings. The minimum atomic E-state index is -1.57. The summed E-state index contributed by atoms with van der Waals surface area (Å²) in [7, 11) is -1.57.